The summed E-state index contributed by atoms with van der Waals surface area (Å²) < 4.78 is 1.35. The van der Waals surface area contributed by atoms with Crippen LogP contribution in [0, 0.1) is 0 Å². The van der Waals surface area contributed by atoms with Gasteiger partial charge in [-0.25, -0.2) is 0 Å². The fraction of sp³-hybridized carbons (Fsp3) is 0.222. The van der Waals surface area contributed by atoms with E-state index in [-0.39, 0.29) is 34.4 Å². The lowest BCUT2D eigenvalue weighted by Crippen LogP contribution is -2.19. The SMILES string of the molecule is O=c1[nH][nH]c(=O)c2cc(-n3c(O)c4c(c3O)[C@H]3C=C[C@@H]4CC3)ccc12. The van der Waals surface area contributed by atoms with Crippen molar-refractivity contribution < 1.29 is 10.2 Å². The van der Waals surface area contributed by atoms with Crippen molar-refractivity contribution in [3.8, 4) is 17.4 Å². The van der Waals surface area contributed by atoms with E-state index in [4.69, 9.17) is 0 Å². The zero-order chi connectivity index (χ0) is 17.3. The topological polar surface area (TPSA) is 111 Å². The Hall–Kier alpha value is -3.22. The van der Waals surface area contributed by atoms with Crippen LogP contribution in [0.5, 0.6) is 11.8 Å². The molecule has 0 saturated heterocycles. The molecular formula is C18H15N3O4. The van der Waals surface area contributed by atoms with Gasteiger partial charge in [0.25, 0.3) is 11.1 Å². The molecule has 0 aliphatic heterocycles. The summed E-state index contributed by atoms with van der Waals surface area (Å²) in [7, 11) is 0. The molecule has 0 radical (unpaired) electrons. The number of hydrogen-bond acceptors (Lipinski definition) is 4. The maximum Gasteiger partial charge on any atom is 0.270 e. The first-order valence-electron chi connectivity index (χ1n) is 8.16. The van der Waals surface area contributed by atoms with Gasteiger partial charge in [-0.15, -0.1) is 0 Å². The van der Waals surface area contributed by atoms with E-state index in [1.807, 2.05) is 0 Å². The summed E-state index contributed by atoms with van der Waals surface area (Å²) in [5.74, 6) is 0.178. The molecule has 0 unspecified atom stereocenters. The fourth-order valence-corrected chi connectivity index (χ4v) is 4.16. The summed E-state index contributed by atoms with van der Waals surface area (Å²) >= 11 is 0. The number of benzene rings is 1. The molecule has 0 spiro atoms. The summed E-state index contributed by atoms with van der Waals surface area (Å²) in [5, 5.41) is 26.5. The average molecular weight is 337 g/mol. The predicted molar refractivity (Wildman–Crippen MR) is 91.7 cm³/mol. The molecule has 7 nitrogen and oxygen atoms in total. The molecule has 0 amide bonds. The lowest BCUT2D eigenvalue weighted by molar-refractivity contribution is 0.399. The average Bonchev–Trinajstić information content (AvgIpc) is 2.92. The van der Waals surface area contributed by atoms with Crippen molar-refractivity contribution in [1.82, 2.24) is 14.8 Å². The van der Waals surface area contributed by atoms with Gasteiger partial charge in [-0.1, -0.05) is 12.2 Å². The Morgan fingerprint density at radius 2 is 1.44 bits per heavy atom. The van der Waals surface area contributed by atoms with Crippen LogP contribution < -0.4 is 11.1 Å². The van der Waals surface area contributed by atoms with Crippen molar-refractivity contribution >= 4 is 10.8 Å². The Bertz CT molecular complexity index is 1140. The third kappa shape index (κ3) is 1.75. The zero-order valence-electron chi connectivity index (χ0n) is 13.1. The van der Waals surface area contributed by atoms with Crippen LogP contribution in [-0.2, 0) is 0 Å². The van der Waals surface area contributed by atoms with E-state index < -0.39 is 11.1 Å². The van der Waals surface area contributed by atoms with Crippen molar-refractivity contribution in [3.05, 3.63) is 62.2 Å². The Balaban J connectivity index is 1.80. The number of nitrogens with one attached hydrogen (secondary N) is 2. The van der Waals surface area contributed by atoms with Crippen LogP contribution in [-0.4, -0.2) is 25.0 Å². The first-order valence-corrected chi connectivity index (χ1v) is 8.16. The van der Waals surface area contributed by atoms with Gasteiger partial charge in [0.05, 0.1) is 16.5 Å². The van der Waals surface area contributed by atoms with Gasteiger partial charge in [0.2, 0.25) is 11.8 Å². The van der Waals surface area contributed by atoms with Gasteiger partial charge in [-0.3, -0.25) is 24.4 Å². The number of aromatic nitrogens is 3. The number of hydrogen-bond donors (Lipinski definition) is 4. The van der Waals surface area contributed by atoms with E-state index in [0.29, 0.717) is 5.69 Å². The van der Waals surface area contributed by atoms with Crippen molar-refractivity contribution in [2.75, 3.05) is 0 Å². The number of aromatic hydroxyl groups is 2. The quantitative estimate of drug-likeness (QED) is 0.509. The number of fused-ring (bicyclic) bond motifs is 2. The Kier molecular flexibility index (Phi) is 2.64. The van der Waals surface area contributed by atoms with Crippen molar-refractivity contribution in [2.24, 2.45) is 0 Å². The molecule has 2 aromatic heterocycles. The van der Waals surface area contributed by atoms with Gasteiger partial charge >= 0.3 is 0 Å². The smallest absolute Gasteiger partial charge is 0.270 e. The normalized spacial score (nSPS) is 21.0. The summed E-state index contributed by atoms with van der Waals surface area (Å²) in [6.45, 7) is 0. The van der Waals surface area contributed by atoms with Crippen LogP contribution in [0.25, 0.3) is 16.5 Å². The van der Waals surface area contributed by atoms with E-state index in [2.05, 4.69) is 22.3 Å². The fourth-order valence-electron chi connectivity index (χ4n) is 4.16. The summed E-state index contributed by atoms with van der Waals surface area (Å²) in [4.78, 5) is 23.8. The van der Waals surface area contributed by atoms with E-state index in [9.17, 15) is 19.8 Å². The highest BCUT2D eigenvalue weighted by atomic mass is 16.3. The van der Waals surface area contributed by atoms with Gasteiger partial charge < -0.3 is 10.2 Å². The summed E-state index contributed by atoms with van der Waals surface area (Å²) in [5.41, 5.74) is 1.12. The lowest BCUT2D eigenvalue weighted by Gasteiger charge is -2.30. The molecular weight excluding hydrogens is 322 g/mol. The van der Waals surface area contributed by atoms with Crippen LogP contribution >= 0.6 is 0 Å². The van der Waals surface area contributed by atoms with Crippen LogP contribution in [0.2, 0.25) is 0 Å². The number of nitrogens with zero attached hydrogens (tertiary/aromatic N) is 1. The highest BCUT2D eigenvalue weighted by Gasteiger charge is 2.37. The highest BCUT2D eigenvalue weighted by molar-refractivity contribution is 5.83. The monoisotopic (exact) mass is 337 g/mol. The molecule has 6 rings (SSSR count). The number of rotatable bonds is 1. The summed E-state index contributed by atoms with van der Waals surface area (Å²) in [6.07, 6.45) is 6.03. The molecule has 2 heterocycles. The lowest BCUT2D eigenvalue weighted by atomic mass is 9.73. The molecule has 2 atom stereocenters. The first-order chi connectivity index (χ1) is 12.1. The zero-order valence-corrected chi connectivity index (χ0v) is 13.1. The molecule has 1 aromatic carbocycles. The Morgan fingerprint density at radius 3 is 2.00 bits per heavy atom. The molecule has 126 valence electrons. The van der Waals surface area contributed by atoms with E-state index in [1.165, 1.54) is 16.7 Å². The standard InChI is InChI=1S/C18H15N3O4/c22-15-11-6-5-10(7-12(11)16(23)20-19-15)21-17(24)13-8-1-2-9(4-3-8)14(13)18(21)25/h1-2,5-9,24-25H,3-4H2,(H,19,22)(H,20,23)/t8-,9+. The van der Waals surface area contributed by atoms with Crippen molar-refractivity contribution in [2.45, 2.75) is 24.7 Å². The van der Waals surface area contributed by atoms with Gasteiger partial charge in [0, 0.05) is 23.0 Å². The maximum absolute atomic E-state index is 12.0. The second kappa shape index (κ2) is 4.66. The van der Waals surface area contributed by atoms with Gasteiger partial charge in [-0.2, -0.15) is 0 Å². The Morgan fingerprint density at radius 1 is 0.880 bits per heavy atom. The second-order valence-electron chi connectivity index (χ2n) is 6.62. The number of H-pyrrole nitrogens is 2. The second-order valence-corrected chi connectivity index (χ2v) is 6.62. The van der Waals surface area contributed by atoms with Crippen LogP contribution in [0.1, 0.15) is 35.8 Å². The van der Waals surface area contributed by atoms with E-state index in [0.717, 1.165) is 24.0 Å². The van der Waals surface area contributed by atoms with Gasteiger partial charge in [0.1, 0.15) is 0 Å². The molecule has 3 aliphatic carbocycles. The molecule has 4 N–H and O–H groups in total. The predicted octanol–water partition coefficient (Wildman–Crippen LogP) is 1.95. The van der Waals surface area contributed by atoms with E-state index >= 15 is 0 Å². The third-order valence-electron chi connectivity index (χ3n) is 5.34. The van der Waals surface area contributed by atoms with Gasteiger partial charge in [-0.05, 0) is 31.0 Å². The molecule has 3 aromatic rings. The molecule has 0 saturated carbocycles. The van der Waals surface area contributed by atoms with Crippen LogP contribution in [0.4, 0.5) is 0 Å². The minimum atomic E-state index is -0.436. The molecule has 2 bridgehead atoms. The first kappa shape index (κ1) is 14.2. The highest BCUT2D eigenvalue weighted by Crippen LogP contribution is 2.54. The summed E-state index contributed by atoms with van der Waals surface area (Å²) in [6, 6.07) is 4.63. The Labute approximate surface area is 140 Å². The van der Waals surface area contributed by atoms with Crippen LogP contribution in [0.15, 0.2) is 39.9 Å². The molecule has 0 fully saturated rings. The maximum atomic E-state index is 12.0. The number of aromatic amines is 2. The molecule has 3 aliphatic rings. The minimum absolute atomic E-state index is 0.00725. The van der Waals surface area contributed by atoms with Crippen molar-refractivity contribution in [3.63, 3.8) is 0 Å². The van der Waals surface area contributed by atoms with Crippen molar-refractivity contribution in [1.29, 1.82) is 0 Å². The van der Waals surface area contributed by atoms with E-state index in [1.54, 1.807) is 6.07 Å². The molecule has 7 heteroatoms. The number of allylic oxidation sites excluding steroid dienone is 2. The largest absolute Gasteiger partial charge is 0.494 e. The minimum Gasteiger partial charge on any atom is -0.494 e. The van der Waals surface area contributed by atoms with Gasteiger partial charge in [0.15, 0.2) is 0 Å². The third-order valence-corrected chi connectivity index (χ3v) is 5.34. The van der Waals surface area contributed by atoms with Crippen LogP contribution in [0.3, 0.4) is 0 Å². The molecule has 25 heavy (non-hydrogen) atoms.